The van der Waals surface area contributed by atoms with E-state index in [0.717, 1.165) is 25.1 Å². The summed E-state index contributed by atoms with van der Waals surface area (Å²) in [6.45, 7) is 5.13. The van der Waals surface area contributed by atoms with Crippen molar-refractivity contribution < 1.29 is 4.79 Å². The van der Waals surface area contributed by atoms with Gasteiger partial charge in [0.15, 0.2) is 5.13 Å². The molecule has 1 unspecified atom stereocenters. The highest BCUT2D eigenvalue weighted by molar-refractivity contribution is 7.13. The minimum atomic E-state index is -0.0357. The Morgan fingerprint density at radius 2 is 2.41 bits per heavy atom. The summed E-state index contributed by atoms with van der Waals surface area (Å²) in [5.74, 6) is 0.452. The van der Waals surface area contributed by atoms with E-state index in [1.54, 1.807) is 0 Å². The molecular weight excluding hydrogens is 258 g/mol. The molecule has 6 heteroatoms. The number of thiazole rings is 1. The zero-order valence-electron chi connectivity index (χ0n) is 10.0. The van der Waals surface area contributed by atoms with Crippen molar-refractivity contribution in [2.45, 2.75) is 38.6 Å². The van der Waals surface area contributed by atoms with Crippen LogP contribution in [0.4, 0.5) is 5.13 Å². The summed E-state index contributed by atoms with van der Waals surface area (Å²) >= 11 is 1.49. The van der Waals surface area contributed by atoms with Gasteiger partial charge in [-0.15, -0.1) is 23.7 Å². The van der Waals surface area contributed by atoms with Gasteiger partial charge in [0, 0.05) is 5.38 Å². The Bertz CT molecular complexity index is 375. The van der Waals surface area contributed by atoms with Crippen LogP contribution in [0.15, 0.2) is 5.38 Å². The Hall–Kier alpha value is -0.650. The van der Waals surface area contributed by atoms with Gasteiger partial charge in [-0.2, -0.15) is 0 Å². The Labute approximate surface area is 112 Å². The first-order valence-corrected chi connectivity index (χ1v) is 6.54. The van der Waals surface area contributed by atoms with E-state index in [9.17, 15) is 4.79 Å². The molecule has 1 fully saturated rings. The third-order valence-electron chi connectivity index (χ3n) is 2.72. The van der Waals surface area contributed by atoms with Crippen LogP contribution in [0.25, 0.3) is 0 Å². The second-order valence-corrected chi connectivity index (χ2v) is 5.23. The summed E-state index contributed by atoms with van der Waals surface area (Å²) in [7, 11) is 0. The molecule has 1 aromatic heterocycles. The van der Waals surface area contributed by atoms with Gasteiger partial charge in [0.1, 0.15) is 0 Å². The second-order valence-electron chi connectivity index (χ2n) is 4.37. The van der Waals surface area contributed by atoms with Gasteiger partial charge in [-0.25, -0.2) is 4.98 Å². The quantitative estimate of drug-likeness (QED) is 0.891. The third kappa shape index (κ3) is 3.66. The normalized spacial score (nSPS) is 19.1. The van der Waals surface area contributed by atoms with Gasteiger partial charge in [0.05, 0.1) is 11.7 Å². The standard InChI is InChI=1S/C11H17N3OS.ClH/c1-7(2)9-6-16-11(13-9)14-10(15)8-4-3-5-12-8;/h6-8,12H,3-5H2,1-2H3,(H,13,14,15);1H. The summed E-state index contributed by atoms with van der Waals surface area (Å²) in [6.07, 6.45) is 2.00. The highest BCUT2D eigenvalue weighted by Crippen LogP contribution is 2.21. The summed E-state index contributed by atoms with van der Waals surface area (Å²) in [5.41, 5.74) is 1.04. The van der Waals surface area contributed by atoms with Crippen molar-refractivity contribution in [1.29, 1.82) is 0 Å². The van der Waals surface area contributed by atoms with Crippen molar-refractivity contribution in [3.05, 3.63) is 11.1 Å². The lowest BCUT2D eigenvalue weighted by atomic mass is 10.2. The molecule has 1 aliphatic rings. The van der Waals surface area contributed by atoms with Crippen LogP contribution in [0.5, 0.6) is 0 Å². The van der Waals surface area contributed by atoms with E-state index < -0.39 is 0 Å². The molecule has 17 heavy (non-hydrogen) atoms. The summed E-state index contributed by atoms with van der Waals surface area (Å²) in [6, 6.07) is -0.0357. The van der Waals surface area contributed by atoms with E-state index >= 15 is 0 Å². The van der Waals surface area contributed by atoms with Crippen LogP contribution in [0.1, 0.15) is 38.3 Å². The van der Waals surface area contributed by atoms with Crippen LogP contribution >= 0.6 is 23.7 Å². The molecule has 2 heterocycles. The highest BCUT2D eigenvalue weighted by Gasteiger charge is 2.22. The highest BCUT2D eigenvalue weighted by atomic mass is 35.5. The fourth-order valence-electron chi connectivity index (χ4n) is 1.71. The number of aromatic nitrogens is 1. The minimum absolute atomic E-state index is 0. The van der Waals surface area contributed by atoms with Crippen LogP contribution in [0.2, 0.25) is 0 Å². The Morgan fingerprint density at radius 1 is 1.65 bits per heavy atom. The number of halogens is 1. The molecule has 2 rings (SSSR count). The largest absolute Gasteiger partial charge is 0.306 e. The third-order valence-corrected chi connectivity index (χ3v) is 3.50. The lowest BCUT2D eigenvalue weighted by Crippen LogP contribution is -2.35. The molecule has 0 saturated carbocycles. The first-order valence-electron chi connectivity index (χ1n) is 5.66. The summed E-state index contributed by atoms with van der Waals surface area (Å²) in [5, 5.41) is 8.75. The molecule has 0 radical (unpaired) electrons. The Balaban J connectivity index is 0.00000144. The molecule has 0 aromatic carbocycles. The second kappa shape index (κ2) is 6.33. The lowest BCUT2D eigenvalue weighted by Gasteiger charge is -2.08. The molecule has 1 amide bonds. The summed E-state index contributed by atoms with van der Waals surface area (Å²) in [4.78, 5) is 16.2. The maximum atomic E-state index is 11.8. The van der Waals surface area contributed by atoms with Crippen LogP contribution in [-0.2, 0) is 4.79 Å². The van der Waals surface area contributed by atoms with Crippen molar-refractivity contribution in [1.82, 2.24) is 10.3 Å². The van der Waals surface area contributed by atoms with Crippen LogP contribution in [0.3, 0.4) is 0 Å². The number of hydrogen-bond donors (Lipinski definition) is 2. The predicted molar refractivity (Wildman–Crippen MR) is 73.1 cm³/mol. The average Bonchev–Trinajstić information content (AvgIpc) is 2.87. The number of anilines is 1. The van der Waals surface area contributed by atoms with Crippen molar-refractivity contribution in [3.8, 4) is 0 Å². The minimum Gasteiger partial charge on any atom is -0.306 e. The molecule has 96 valence electrons. The number of amides is 1. The van der Waals surface area contributed by atoms with Gasteiger partial charge in [0.25, 0.3) is 0 Å². The molecule has 0 bridgehead atoms. The first-order chi connectivity index (χ1) is 7.66. The monoisotopic (exact) mass is 275 g/mol. The molecule has 1 aliphatic heterocycles. The van der Waals surface area contributed by atoms with Gasteiger partial charge in [-0.1, -0.05) is 13.8 Å². The first kappa shape index (κ1) is 14.4. The molecule has 1 saturated heterocycles. The molecule has 0 spiro atoms. The molecular formula is C11H18ClN3OS. The SMILES string of the molecule is CC(C)c1csc(NC(=O)C2CCCN2)n1.Cl. The average molecular weight is 276 g/mol. The fraction of sp³-hybridized carbons (Fsp3) is 0.636. The van der Waals surface area contributed by atoms with E-state index in [1.165, 1.54) is 11.3 Å². The number of nitrogens with one attached hydrogen (secondary N) is 2. The zero-order valence-corrected chi connectivity index (χ0v) is 11.7. The molecule has 0 aliphatic carbocycles. The van der Waals surface area contributed by atoms with Crippen LogP contribution < -0.4 is 10.6 Å². The van der Waals surface area contributed by atoms with Crippen molar-refractivity contribution >= 4 is 34.8 Å². The van der Waals surface area contributed by atoms with E-state index in [1.807, 2.05) is 5.38 Å². The number of rotatable bonds is 3. The van der Waals surface area contributed by atoms with Gasteiger partial charge < -0.3 is 10.6 Å². The smallest absolute Gasteiger partial charge is 0.243 e. The van der Waals surface area contributed by atoms with Gasteiger partial charge in [0.2, 0.25) is 5.91 Å². The molecule has 1 aromatic rings. The maximum Gasteiger partial charge on any atom is 0.243 e. The molecule has 4 nitrogen and oxygen atoms in total. The van der Waals surface area contributed by atoms with Gasteiger partial charge in [-0.3, -0.25) is 4.79 Å². The Morgan fingerprint density at radius 3 is 2.94 bits per heavy atom. The zero-order chi connectivity index (χ0) is 11.5. The van der Waals surface area contributed by atoms with E-state index in [-0.39, 0.29) is 24.4 Å². The van der Waals surface area contributed by atoms with Crippen molar-refractivity contribution in [2.24, 2.45) is 0 Å². The lowest BCUT2D eigenvalue weighted by molar-refractivity contribution is -0.117. The Kier molecular flexibility index (Phi) is 5.36. The molecule has 2 N–H and O–H groups in total. The number of carbonyl (C=O) groups excluding carboxylic acids is 1. The number of nitrogens with zero attached hydrogens (tertiary/aromatic N) is 1. The van der Waals surface area contributed by atoms with Crippen LogP contribution in [0, 0.1) is 0 Å². The number of hydrogen-bond acceptors (Lipinski definition) is 4. The van der Waals surface area contributed by atoms with E-state index in [0.29, 0.717) is 11.0 Å². The molecule has 1 atom stereocenters. The van der Waals surface area contributed by atoms with E-state index in [2.05, 4.69) is 29.5 Å². The fourth-order valence-corrected chi connectivity index (χ4v) is 2.58. The van der Waals surface area contributed by atoms with Gasteiger partial charge >= 0.3 is 0 Å². The summed E-state index contributed by atoms with van der Waals surface area (Å²) < 4.78 is 0. The van der Waals surface area contributed by atoms with Crippen molar-refractivity contribution in [3.63, 3.8) is 0 Å². The predicted octanol–water partition coefficient (Wildman–Crippen LogP) is 2.38. The maximum absolute atomic E-state index is 11.8. The topological polar surface area (TPSA) is 54.0 Å². The van der Waals surface area contributed by atoms with E-state index in [4.69, 9.17) is 0 Å². The van der Waals surface area contributed by atoms with Crippen molar-refractivity contribution in [2.75, 3.05) is 11.9 Å². The van der Waals surface area contributed by atoms with Crippen LogP contribution in [-0.4, -0.2) is 23.5 Å². The number of carbonyl (C=O) groups is 1. The van der Waals surface area contributed by atoms with Gasteiger partial charge in [-0.05, 0) is 25.3 Å².